The van der Waals surface area contributed by atoms with Crippen molar-refractivity contribution >= 4 is 34.5 Å². The Morgan fingerprint density at radius 3 is 2.54 bits per heavy atom. The second kappa shape index (κ2) is 7.32. The molecule has 0 aliphatic carbocycles. The molecule has 1 unspecified atom stereocenters. The fraction of sp³-hybridized carbons (Fsp3) is 0.389. The maximum absolute atomic E-state index is 12.8. The number of halogens is 1. The van der Waals surface area contributed by atoms with Crippen molar-refractivity contribution in [2.75, 3.05) is 0 Å². The lowest BCUT2D eigenvalue weighted by Gasteiger charge is -2.12. The number of aryl methyl sites for hydroxylation is 1. The number of rotatable bonds is 5. The maximum Gasteiger partial charge on any atom is 0.332 e. The van der Waals surface area contributed by atoms with Crippen LogP contribution in [0.3, 0.4) is 0 Å². The Kier molecular flexibility index (Phi) is 5.29. The van der Waals surface area contributed by atoms with Gasteiger partial charge in [0.2, 0.25) is 0 Å². The van der Waals surface area contributed by atoms with E-state index in [1.807, 2.05) is 28.8 Å². The average Bonchev–Trinajstić information content (AvgIpc) is 2.98. The highest BCUT2D eigenvalue weighted by Crippen LogP contribution is 2.28. The Bertz CT molecular complexity index is 1080. The van der Waals surface area contributed by atoms with Crippen molar-refractivity contribution in [3.8, 4) is 0 Å². The zero-order valence-corrected chi connectivity index (χ0v) is 16.8. The molecule has 1 aromatic carbocycles. The highest BCUT2D eigenvalue weighted by molar-refractivity contribution is 7.99. The van der Waals surface area contributed by atoms with Crippen LogP contribution in [0.2, 0.25) is 5.02 Å². The Morgan fingerprint density at radius 1 is 1.19 bits per heavy atom. The van der Waals surface area contributed by atoms with E-state index in [0.29, 0.717) is 33.1 Å². The zero-order valence-electron chi connectivity index (χ0n) is 15.2. The molecule has 0 spiro atoms. The van der Waals surface area contributed by atoms with Crippen LogP contribution in [0.4, 0.5) is 0 Å². The summed E-state index contributed by atoms with van der Waals surface area (Å²) < 4.78 is 4.40. The van der Waals surface area contributed by atoms with Gasteiger partial charge in [-0.15, -0.1) is 0 Å². The summed E-state index contributed by atoms with van der Waals surface area (Å²) in [6, 6.07) is 7.54. The fourth-order valence-corrected chi connectivity index (χ4v) is 3.87. The predicted octanol–water partition coefficient (Wildman–Crippen LogP) is 3.03. The SMILES string of the molecule is CCC(C)Sc1nc2c(c(=O)n(C)c(=O)n2C)n1Cc1ccccc1Cl. The fourth-order valence-electron chi connectivity index (χ4n) is 2.72. The summed E-state index contributed by atoms with van der Waals surface area (Å²) in [5.41, 5.74) is 0.982. The van der Waals surface area contributed by atoms with E-state index in [2.05, 4.69) is 18.8 Å². The molecule has 0 aliphatic rings. The Hall–Kier alpha value is -1.99. The lowest BCUT2D eigenvalue weighted by atomic mass is 10.2. The largest absolute Gasteiger partial charge is 0.332 e. The van der Waals surface area contributed by atoms with E-state index in [-0.39, 0.29) is 11.2 Å². The number of fused-ring (bicyclic) bond motifs is 1. The van der Waals surface area contributed by atoms with Gasteiger partial charge in [-0.3, -0.25) is 13.9 Å². The zero-order chi connectivity index (χ0) is 19.0. The molecule has 0 bridgehead atoms. The summed E-state index contributed by atoms with van der Waals surface area (Å²) in [6.07, 6.45) is 0.969. The molecule has 0 saturated heterocycles. The smallest absolute Gasteiger partial charge is 0.309 e. The Labute approximate surface area is 160 Å². The predicted molar refractivity (Wildman–Crippen MR) is 106 cm³/mol. The summed E-state index contributed by atoms with van der Waals surface area (Å²) >= 11 is 7.92. The molecule has 1 atom stereocenters. The molecule has 3 aromatic rings. The van der Waals surface area contributed by atoms with Crippen molar-refractivity contribution in [2.24, 2.45) is 14.1 Å². The van der Waals surface area contributed by atoms with Crippen LogP contribution < -0.4 is 11.2 Å². The monoisotopic (exact) mass is 392 g/mol. The first-order valence-corrected chi connectivity index (χ1v) is 9.67. The summed E-state index contributed by atoms with van der Waals surface area (Å²) in [5.74, 6) is 0. The maximum atomic E-state index is 12.8. The van der Waals surface area contributed by atoms with Crippen molar-refractivity contribution < 1.29 is 0 Å². The normalized spacial score (nSPS) is 12.7. The van der Waals surface area contributed by atoms with Gasteiger partial charge in [-0.1, -0.05) is 55.4 Å². The number of imidazole rings is 1. The molecule has 0 N–H and O–H groups in total. The lowest BCUT2D eigenvalue weighted by molar-refractivity contribution is 0.696. The van der Waals surface area contributed by atoms with E-state index in [9.17, 15) is 9.59 Å². The number of thioether (sulfide) groups is 1. The molecule has 26 heavy (non-hydrogen) atoms. The van der Waals surface area contributed by atoms with E-state index < -0.39 is 0 Å². The van der Waals surface area contributed by atoms with E-state index in [1.165, 1.54) is 11.6 Å². The van der Waals surface area contributed by atoms with E-state index in [0.717, 1.165) is 16.6 Å². The number of benzene rings is 1. The van der Waals surface area contributed by atoms with Gasteiger partial charge in [0.15, 0.2) is 16.3 Å². The van der Waals surface area contributed by atoms with Crippen molar-refractivity contribution in [1.82, 2.24) is 18.7 Å². The Balaban J connectivity index is 2.30. The molecule has 2 heterocycles. The van der Waals surface area contributed by atoms with Gasteiger partial charge >= 0.3 is 5.69 Å². The molecular weight excluding hydrogens is 372 g/mol. The average molecular weight is 393 g/mol. The molecular formula is C18H21ClN4O2S. The highest BCUT2D eigenvalue weighted by atomic mass is 35.5. The second-order valence-electron chi connectivity index (χ2n) is 6.29. The topological polar surface area (TPSA) is 61.8 Å². The summed E-state index contributed by atoms with van der Waals surface area (Å²) in [5, 5.41) is 1.68. The van der Waals surface area contributed by atoms with Gasteiger partial charge < -0.3 is 4.57 Å². The van der Waals surface area contributed by atoms with Crippen LogP contribution in [0.25, 0.3) is 11.2 Å². The van der Waals surface area contributed by atoms with Crippen molar-refractivity contribution in [3.05, 3.63) is 55.7 Å². The highest BCUT2D eigenvalue weighted by Gasteiger charge is 2.21. The van der Waals surface area contributed by atoms with Gasteiger partial charge in [0.1, 0.15) is 0 Å². The molecule has 0 radical (unpaired) electrons. The first-order chi connectivity index (χ1) is 12.3. The third-order valence-electron chi connectivity index (χ3n) is 4.48. The molecule has 0 saturated carbocycles. The minimum Gasteiger partial charge on any atom is -0.309 e. The molecule has 0 amide bonds. The van der Waals surface area contributed by atoms with Crippen LogP contribution in [-0.2, 0) is 20.6 Å². The summed E-state index contributed by atoms with van der Waals surface area (Å²) in [6.45, 7) is 4.64. The lowest BCUT2D eigenvalue weighted by Crippen LogP contribution is -2.37. The van der Waals surface area contributed by atoms with Crippen LogP contribution in [0, 0.1) is 0 Å². The van der Waals surface area contributed by atoms with Crippen LogP contribution >= 0.6 is 23.4 Å². The van der Waals surface area contributed by atoms with E-state index >= 15 is 0 Å². The minimum atomic E-state index is -0.384. The van der Waals surface area contributed by atoms with Gasteiger partial charge in [-0.05, 0) is 18.1 Å². The van der Waals surface area contributed by atoms with E-state index in [1.54, 1.807) is 18.8 Å². The van der Waals surface area contributed by atoms with Crippen LogP contribution in [0.5, 0.6) is 0 Å². The van der Waals surface area contributed by atoms with Crippen LogP contribution in [0.15, 0.2) is 39.0 Å². The van der Waals surface area contributed by atoms with Crippen LogP contribution in [0.1, 0.15) is 25.8 Å². The number of nitrogens with zero attached hydrogens (tertiary/aromatic N) is 4. The van der Waals surface area contributed by atoms with Gasteiger partial charge in [-0.2, -0.15) is 0 Å². The van der Waals surface area contributed by atoms with Gasteiger partial charge in [0, 0.05) is 24.4 Å². The summed E-state index contributed by atoms with van der Waals surface area (Å²) in [4.78, 5) is 29.7. The molecule has 8 heteroatoms. The van der Waals surface area contributed by atoms with Crippen molar-refractivity contribution in [3.63, 3.8) is 0 Å². The van der Waals surface area contributed by atoms with E-state index in [4.69, 9.17) is 11.6 Å². The van der Waals surface area contributed by atoms with Crippen molar-refractivity contribution in [2.45, 2.75) is 37.2 Å². The summed E-state index contributed by atoms with van der Waals surface area (Å²) in [7, 11) is 3.12. The van der Waals surface area contributed by atoms with Gasteiger partial charge in [-0.25, -0.2) is 9.78 Å². The first-order valence-electron chi connectivity index (χ1n) is 8.41. The quantitative estimate of drug-likeness (QED) is 0.626. The van der Waals surface area contributed by atoms with Gasteiger partial charge in [0.25, 0.3) is 5.56 Å². The third-order valence-corrected chi connectivity index (χ3v) is 6.11. The molecule has 138 valence electrons. The van der Waals surface area contributed by atoms with Gasteiger partial charge in [0.05, 0.1) is 6.54 Å². The minimum absolute atomic E-state index is 0.331. The molecule has 3 rings (SSSR count). The van der Waals surface area contributed by atoms with Crippen molar-refractivity contribution in [1.29, 1.82) is 0 Å². The number of aromatic nitrogens is 4. The molecule has 0 aliphatic heterocycles. The molecule has 6 nitrogen and oxygen atoms in total. The standard InChI is InChI=1S/C18H21ClN4O2S/c1-5-11(2)26-17-20-15-14(16(24)22(4)18(25)21(15)3)23(17)10-12-8-6-7-9-13(12)19/h6-9,11H,5,10H2,1-4H3. The first kappa shape index (κ1) is 18.8. The Morgan fingerprint density at radius 2 is 1.88 bits per heavy atom. The van der Waals surface area contributed by atoms with Crippen LogP contribution in [-0.4, -0.2) is 23.9 Å². The number of hydrogen-bond donors (Lipinski definition) is 0. The third kappa shape index (κ3) is 3.21. The molecule has 2 aromatic heterocycles. The molecule has 0 fully saturated rings. The second-order valence-corrected chi connectivity index (χ2v) is 8.10. The number of hydrogen-bond acceptors (Lipinski definition) is 4.